The van der Waals surface area contributed by atoms with E-state index in [1.807, 2.05) is 6.07 Å². The lowest BCUT2D eigenvalue weighted by atomic mass is 10.1. The van der Waals surface area contributed by atoms with Gasteiger partial charge in [-0.3, -0.25) is 4.90 Å². The van der Waals surface area contributed by atoms with Crippen LogP contribution in [0.1, 0.15) is 24.5 Å². The van der Waals surface area contributed by atoms with Crippen molar-refractivity contribution in [1.29, 1.82) is 0 Å². The third-order valence-electron chi connectivity index (χ3n) is 3.29. The summed E-state index contributed by atoms with van der Waals surface area (Å²) in [4.78, 5) is 2.41. The summed E-state index contributed by atoms with van der Waals surface area (Å²) in [6, 6.07) is 4.93. The number of likely N-dealkylation sites (tertiary alicyclic amines) is 1. The van der Waals surface area contributed by atoms with Crippen molar-refractivity contribution in [3.63, 3.8) is 0 Å². The summed E-state index contributed by atoms with van der Waals surface area (Å²) in [5.41, 5.74) is 7.73. The SMILES string of the molecule is CC1CCN(Cc2ccc(F)cc2CN)C1. The normalized spacial score (nSPS) is 21.6. The third-order valence-corrected chi connectivity index (χ3v) is 3.29. The molecular formula is C13H19FN2. The second-order valence-corrected chi connectivity index (χ2v) is 4.75. The molecule has 1 saturated heterocycles. The van der Waals surface area contributed by atoms with Crippen molar-refractivity contribution in [2.45, 2.75) is 26.4 Å². The summed E-state index contributed by atoms with van der Waals surface area (Å²) in [5, 5.41) is 0. The molecule has 0 saturated carbocycles. The second-order valence-electron chi connectivity index (χ2n) is 4.75. The molecule has 0 bridgehead atoms. The summed E-state index contributed by atoms with van der Waals surface area (Å²) >= 11 is 0. The number of nitrogens with zero attached hydrogens (tertiary/aromatic N) is 1. The average Bonchev–Trinajstić information content (AvgIpc) is 2.67. The van der Waals surface area contributed by atoms with Gasteiger partial charge in [-0.1, -0.05) is 13.0 Å². The number of benzene rings is 1. The molecule has 2 nitrogen and oxygen atoms in total. The van der Waals surface area contributed by atoms with Crippen molar-refractivity contribution in [2.75, 3.05) is 13.1 Å². The maximum absolute atomic E-state index is 13.0. The molecule has 1 aliphatic heterocycles. The molecule has 0 aromatic heterocycles. The average molecular weight is 222 g/mol. The summed E-state index contributed by atoms with van der Waals surface area (Å²) in [6.45, 7) is 5.87. The van der Waals surface area contributed by atoms with Crippen molar-refractivity contribution in [2.24, 2.45) is 11.7 Å². The van der Waals surface area contributed by atoms with E-state index in [0.717, 1.165) is 36.7 Å². The summed E-state index contributed by atoms with van der Waals surface area (Å²) in [6.07, 6.45) is 1.26. The first-order chi connectivity index (χ1) is 7.69. The smallest absolute Gasteiger partial charge is 0.123 e. The van der Waals surface area contributed by atoms with Crippen molar-refractivity contribution >= 4 is 0 Å². The van der Waals surface area contributed by atoms with Crippen LogP contribution in [0.15, 0.2) is 18.2 Å². The Hall–Kier alpha value is -0.930. The highest BCUT2D eigenvalue weighted by atomic mass is 19.1. The van der Waals surface area contributed by atoms with Gasteiger partial charge < -0.3 is 5.73 Å². The predicted molar refractivity (Wildman–Crippen MR) is 63.3 cm³/mol. The zero-order valence-corrected chi connectivity index (χ0v) is 9.75. The standard InChI is InChI=1S/C13H19FN2/c1-10-4-5-16(8-10)9-11-2-3-13(14)6-12(11)7-15/h2-3,6,10H,4-5,7-9,15H2,1H3. The van der Waals surface area contributed by atoms with E-state index < -0.39 is 0 Å². The van der Waals surface area contributed by atoms with Crippen LogP contribution in [0.25, 0.3) is 0 Å². The topological polar surface area (TPSA) is 29.3 Å². The second kappa shape index (κ2) is 4.93. The van der Waals surface area contributed by atoms with E-state index >= 15 is 0 Å². The van der Waals surface area contributed by atoms with Gasteiger partial charge in [0.1, 0.15) is 5.82 Å². The highest BCUT2D eigenvalue weighted by Crippen LogP contribution is 2.20. The van der Waals surface area contributed by atoms with Gasteiger partial charge in [0.25, 0.3) is 0 Å². The summed E-state index contributed by atoms with van der Waals surface area (Å²) < 4.78 is 13.0. The minimum absolute atomic E-state index is 0.195. The quantitative estimate of drug-likeness (QED) is 0.849. The molecule has 0 amide bonds. The highest BCUT2D eigenvalue weighted by Gasteiger charge is 2.19. The summed E-state index contributed by atoms with van der Waals surface area (Å²) in [5.74, 6) is 0.584. The Bertz CT molecular complexity index is 365. The van der Waals surface area contributed by atoms with Crippen LogP contribution in [0, 0.1) is 11.7 Å². The zero-order valence-electron chi connectivity index (χ0n) is 9.75. The van der Waals surface area contributed by atoms with Crippen LogP contribution in [0.5, 0.6) is 0 Å². The van der Waals surface area contributed by atoms with Crippen LogP contribution in [0.4, 0.5) is 4.39 Å². The molecule has 0 aliphatic carbocycles. The molecule has 2 N–H and O–H groups in total. The molecule has 0 spiro atoms. The van der Waals surface area contributed by atoms with E-state index in [9.17, 15) is 4.39 Å². The van der Waals surface area contributed by atoms with Crippen LogP contribution in [0.2, 0.25) is 0 Å². The minimum atomic E-state index is -0.195. The molecule has 1 aromatic carbocycles. The monoisotopic (exact) mass is 222 g/mol. The van der Waals surface area contributed by atoms with Gasteiger partial charge >= 0.3 is 0 Å². The van der Waals surface area contributed by atoms with E-state index in [0.29, 0.717) is 6.54 Å². The van der Waals surface area contributed by atoms with E-state index in [2.05, 4.69) is 11.8 Å². The van der Waals surface area contributed by atoms with Gasteiger partial charge in [-0.25, -0.2) is 4.39 Å². The Morgan fingerprint density at radius 3 is 2.88 bits per heavy atom. The van der Waals surface area contributed by atoms with Gasteiger partial charge in [-0.2, -0.15) is 0 Å². The molecule has 1 unspecified atom stereocenters. The Balaban J connectivity index is 2.08. The Morgan fingerprint density at radius 2 is 2.25 bits per heavy atom. The Kier molecular flexibility index (Phi) is 3.56. The van der Waals surface area contributed by atoms with Gasteiger partial charge in [-0.05, 0) is 42.1 Å². The van der Waals surface area contributed by atoms with Gasteiger partial charge in [0.2, 0.25) is 0 Å². The molecule has 0 radical (unpaired) electrons. The van der Waals surface area contributed by atoms with Gasteiger partial charge in [0, 0.05) is 19.6 Å². The van der Waals surface area contributed by atoms with Crippen LogP contribution in [-0.4, -0.2) is 18.0 Å². The fourth-order valence-electron chi connectivity index (χ4n) is 2.35. The molecule has 3 heteroatoms. The van der Waals surface area contributed by atoms with Crippen molar-refractivity contribution in [1.82, 2.24) is 4.90 Å². The van der Waals surface area contributed by atoms with Gasteiger partial charge in [-0.15, -0.1) is 0 Å². The Morgan fingerprint density at radius 1 is 1.44 bits per heavy atom. The number of halogens is 1. The molecule has 2 rings (SSSR count). The van der Waals surface area contributed by atoms with Gasteiger partial charge in [0.15, 0.2) is 0 Å². The first-order valence-corrected chi connectivity index (χ1v) is 5.88. The molecular weight excluding hydrogens is 203 g/mol. The molecule has 1 atom stereocenters. The third kappa shape index (κ3) is 2.60. The van der Waals surface area contributed by atoms with Crippen molar-refractivity contribution < 1.29 is 4.39 Å². The lowest BCUT2D eigenvalue weighted by Crippen LogP contribution is -2.21. The van der Waals surface area contributed by atoms with E-state index in [1.54, 1.807) is 6.07 Å². The molecule has 1 aliphatic rings. The first kappa shape index (κ1) is 11.6. The number of nitrogens with two attached hydrogens (primary N) is 1. The fraction of sp³-hybridized carbons (Fsp3) is 0.538. The highest BCUT2D eigenvalue weighted by molar-refractivity contribution is 5.27. The zero-order chi connectivity index (χ0) is 11.5. The number of hydrogen-bond donors (Lipinski definition) is 1. The molecule has 1 aromatic rings. The van der Waals surface area contributed by atoms with E-state index in [1.165, 1.54) is 12.5 Å². The lowest BCUT2D eigenvalue weighted by Gasteiger charge is -2.17. The Labute approximate surface area is 96.2 Å². The lowest BCUT2D eigenvalue weighted by molar-refractivity contribution is 0.319. The number of rotatable bonds is 3. The first-order valence-electron chi connectivity index (χ1n) is 5.88. The fourth-order valence-corrected chi connectivity index (χ4v) is 2.35. The van der Waals surface area contributed by atoms with E-state index in [4.69, 9.17) is 5.73 Å². The van der Waals surface area contributed by atoms with Gasteiger partial charge in [0.05, 0.1) is 0 Å². The number of hydrogen-bond acceptors (Lipinski definition) is 2. The molecule has 1 heterocycles. The van der Waals surface area contributed by atoms with E-state index in [-0.39, 0.29) is 5.82 Å². The molecule has 16 heavy (non-hydrogen) atoms. The van der Waals surface area contributed by atoms with Crippen LogP contribution in [-0.2, 0) is 13.1 Å². The molecule has 88 valence electrons. The van der Waals surface area contributed by atoms with Crippen LogP contribution in [0.3, 0.4) is 0 Å². The molecule has 1 fully saturated rings. The predicted octanol–water partition coefficient (Wildman–Crippen LogP) is 2.13. The maximum atomic E-state index is 13.0. The minimum Gasteiger partial charge on any atom is -0.326 e. The van der Waals surface area contributed by atoms with Crippen LogP contribution >= 0.6 is 0 Å². The van der Waals surface area contributed by atoms with Crippen molar-refractivity contribution in [3.8, 4) is 0 Å². The van der Waals surface area contributed by atoms with Crippen LogP contribution < -0.4 is 5.73 Å². The summed E-state index contributed by atoms with van der Waals surface area (Å²) in [7, 11) is 0. The van der Waals surface area contributed by atoms with Crippen molar-refractivity contribution in [3.05, 3.63) is 35.1 Å². The largest absolute Gasteiger partial charge is 0.326 e. The maximum Gasteiger partial charge on any atom is 0.123 e.